The molecule has 0 aromatic heterocycles. The third-order valence-corrected chi connectivity index (χ3v) is 5.38. The fourth-order valence-electron chi connectivity index (χ4n) is 4.03. The highest BCUT2D eigenvalue weighted by Gasteiger charge is 2.35. The average Bonchev–Trinajstić information content (AvgIpc) is 2.64. The summed E-state index contributed by atoms with van der Waals surface area (Å²) in [4.78, 5) is 29.2. The number of hydrogen-bond acceptors (Lipinski definition) is 4. The van der Waals surface area contributed by atoms with Crippen molar-refractivity contribution < 1.29 is 18.7 Å². The third kappa shape index (κ3) is 6.16. The quantitative estimate of drug-likeness (QED) is 0.817. The number of ether oxygens (including phenoxy) is 1. The molecule has 1 atom stereocenters. The molecule has 0 saturated carbocycles. The molecule has 3 rings (SSSR count). The first kappa shape index (κ1) is 21.6. The molecule has 1 N–H and O–H groups in total. The number of benzene rings is 1. The third-order valence-electron chi connectivity index (χ3n) is 5.38. The lowest BCUT2D eigenvalue weighted by molar-refractivity contribution is -0.140. The van der Waals surface area contributed by atoms with Gasteiger partial charge in [-0.15, -0.1) is 0 Å². The van der Waals surface area contributed by atoms with Gasteiger partial charge in [0.1, 0.15) is 17.7 Å². The van der Waals surface area contributed by atoms with Gasteiger partial charge >= 0.3 is 0 Å². The second-order valence-corrected chi connectivity index (χ2v) is 9.20. The van der Waals surface area contributed by atoms with Gasteiger partial charge in [-0.3, -0.25) is 14.5 Å². The molecule has 2 fully saturated rings. The van der Waals surface area contributed by atoms with E-state index in [2.05, 4.69) is 31.0 Å². The van der Waals surface area contributed by atoms with E-state index in [9.17, 15) is 14.0 Å². The lowest BCUT2D eigenvalue weighted by Gasteiger charge is -2.39. The van der Waals surface area contributed by atoms with Gasteiger partial charge in [-0.2, -0.15) is 0 Å². The summed E-state index contributed by atoms with van der Waals surface area (Å²) in [5, 5.41) is 2.89. The van der Waals surface area contributed by atoms with E-state index >= 15 is 0 Å². The molecule has 2 amide bonds. The summed E-state index contributed by atoms with van der Waals surface area (Å²) in [5.41, 5.74) is 0.0610. The number of likely N-dealkylation sites (tertiary alicyclic amines) is 1. The molecule has 6 nitrogen and oxygen atoms in total. The van der Waals surface area contributed by atoms with Gasteiger partial charge in [-0.05, 0) is 17.5 Å². The van der Waals surface area contributed by atoms with Crippen molar-refractivity contribution in [1.29, 1.82) is 0 Å². The number of carbonyl (C=O) groups excluding carboxylic acids is 2. The number of rotatable bonds is 5. The topological polar surface area (TPSA) is 61.9 Å². The van der Waals surface area contributed by atoms with Crippen molar-refractivity contribution in [2.75, 3.05) is 32.7 Å². The summed E-state index contributed by atoms with van der Waals surface area (Å²) in [6, 6.07) is 5.73. The zero-order valence-corrected chi connectivity index (χ0v) is 17.6. The molecule has 2 saturated heterocycles. The highest BCUT2D eigenvalue weighted by atomic mass is 19.1. The van der Waals surface area contributed by atoms with Crippen molar-refractivity contribution in [2.24, 2.45) is 5.41 Å². The molecule has 0 spiro atoms. The van der Waals surface area contributed by atoms with Crippen molar-refractivity contribution >= 4 is 11.8 Å². The van der Waals surface area contributed by atoms with E-state index in [0.29, 0.717) is 38.2 Å². The van der Waals surface area contributed by atoms with Crippen LogP contribution in [0.4, 0.5) is 4.39 Å². The number of piperidine rings is 1. The maximum Gasteiger partial charge on any atom is 0.237 e. The van der Waals surface area contributed by atoms with Crippen molar-refractivity contribution in [2.45, 2.75) is 52.2 Å². The molecule has 0 bridgehead atoms. The van der Waals surface area contributed by atoms with Gasteiger partial charge in [0.2, 0.25) is 11.8 Å². The summed E-state index contributed by atoms with van der Waals surface area (Å²) < 4.78 is 19.2. The van der Waals surface area contributed by atoms with Crippen LogP contribution in [0.3, 0.4) is 0 Å². The smallest absolute Gasteiger partial charge is 0.237 e. The van der Waals surface area contributed by atoms with Crippen LogP contribution < -0.4 is 10.1 Å². The van der Waals surface area contributed by atoms with Gasteiger partial charge in [0.25, 0.3) is 0 Å². The van der Waals surface area contributed by atoms with E-state index in [0.717, 1.165) is 13.1 Å². The van der Waals surface area contributed by atoms with Gasteiger partial charge < -0.3 is 15.0 Å². The number of halogens is 1. The summed E-state index contributed by atoms with van der Waals surface area (Å²) in [7, 11) is 0. The van der Waals surface area contributed by atoms with Crippen LogP contribution in [0.2, 0.25) is 0 Å². The molecule has 1 aromatic rings. The minimum atomic E-state index is -0.406. The summed E-state index contributed by atoms with van der Waals surface area (Å²) >= 11 is 0. The number of carbonyl (C=O) groups is 2. The van der Waals surface area contributed by atoms with Crippen molar-refractivity contribution in [1.82, 2.24) is 15.1 Å². The van der Waals surface area contributed by atoms with Crippen LogP contribution in [0.1, 0.15) is 40.0 Å². The first-order chi connectivity index (χ1) is 13.7. The Labute approximate surface area is 172 Å². The number of nitrogens with one attached hydrogen (secondary N) is 1. The van der Waals surface area contributed by atoms with Gasteiger partial charge in [0, 0.05) is 51.6 Å². The predicted octanol–water partition coefficient (Wildman–Crippen LogP) is 2.43. The van der Waals surface area contributed by atoms with E-state index in [1.807, 2.05) is 4.90 Å². The van der Waals surface area contributed by atoms with Gasteiger partial charge in [-0.1, -0.05) is 26.8 Å². The standard InChI is InChI=1S/C22H32FN3O3/c1-22(2,3)15-26-12-9-24-21(28)19(26)14-20(27)25-10-7-17(8-11-25)29-18-6-4-5-16(23)13-18/h4-6,13,17,19H,7-12,14-15H2,1-3H3,(H,24,28). The summed E-state index contributed by atoms with van der Waals surface area (Å²) in [6.45, 7) is 9.78. The molecule has 2 heterocycles. The number of amides is 2. The van der Waals surface area contributed by atoms with Crippen molar-refractivity contribution in [3.8, 4) is 5.75 Å². The Balaban J connectivity index is 1.52. The Morgan fingerprint density at radius 2 is 1.97 bits per heavy atom. The second-order valence-electron chi connectivity index (χ2n) is 9.20. The second kappa shape index (κ2) is 9.11. The molecule has 1 unspecified atom stereocenters. The Kier molecular flexibility index (Phi) is 6.77. The zero-order chi connectivity index (χ0) is 21.0. The monoisotopic (exact) mass is 405 g/mol. The summed E-state index contributed by atoms with van der Waals surface area (Å²) in [5.74, 6) is 0.153. The molecule has 1 aromatic carbocycles. The first-order valence-electron chi connectivity index (χ1n) is 10.4. The molecule has 2 aliphatic heterocycles. The van der Waals surface area contributed by atoms with Gasteiger partial charge in [0.05, 0.1) is 12.5 Å². The van der Waals surface area contributed by atoms with Crippen LogP contribution in [0.5, 0.6) is 5.75 Å². The van der Waals surface area contributed by atoms with Gasteiger partial charge in [0.15, 0.2) is 0 Å². The lowest BCUT2D eigenvalue weighted by atomic mass is 9.94. The molecule has 0 aliphatic carbocycles. The largest absolute Gasteiger partial charge is 0.490 e. The summed E-state index contributed by atoms with van der Waals surface area (Å²) in [6.07, 6.45) is 1.57. The van der Waals surface area contributed by atoms with E-state index in [1.165, 1.54) is 12.1 Å². The van der Waals surface area contributed by atoms with Crippen molar-refractivity contribution in [3.63, 3.8) is 0 Å². The van der Waals surface area contributed by atoms with Crippen LogP contribution in [0, 0.1) is 11.2 Å². The maximum atomic E-state index is 13.3. The Morgan fingerprint density at radius 1 is 1.24 bits per heavy atom. The van der Waals surface area contributed by atoms with Crippen LogP contribution in [0.25, 0.3) is 0 Å². The molecular formula is C22H32FN3O3. The Morgan fingerprint density at radius 3 is 2.62 bits per heavy atom. The average molecular weight is 406 g/mol. The van der Waals surface area contributed by atoms with E-state index in [4.69, 9.17) is 4.74 Å². The minimum absolute atomic E-state index is 0.00941. The van der Waals surface area contributed by atoms with E-state index in [1.54, 1.807) is 12.1 Å². The Hall–Kier alpha value is -2.15. The lowest BCUT2D eigenvalue weighted by Crippen LogP contribution is -2.58. The van der Waals surface area contributed by atoms with Crippen LogP contribution in [0.15, 0.2) is 24.3 Å². The highest BCUT2D eigenvalue weighted by molar-refractivity contribution is 5.88. The molecule has 7 heteroatoms. The number of hydrogen-bond donors (Lipinski definition) is 1. The van der Waals surface area contributed by atoms with Crippen LogP contribution in [-0.2, 0) is 9.59 Å². The molecule has 2 aliphatic rings. The molecule has 160 valence electrons. The highest BCUT2D eigenvalue weighted by Crippen LogP contribution is 2.23. The van der Waals surface area contributed by atoms with Crippen LogP contribution >= 0.6 is 0 Å². The van der Waals surface area contributed by atoms with Crippen LogP contribution in [-0.4, -0.2) is 66.5 Å². The number of nitrogens with zero attached hydrogens (tertiary/aromatic N) is 2. The SMILES string of the molecule is CC(C)(C)CN1CCNC(=O)C1CC(=O)N1CCC(Oc2cccc(F)c2)CC1. The fourth-order valence-corrected chi connectivity index (χ4v) is 4.03. The normalized spacial score (nSPS) is 21.7. The number of piperazine rings is 1. The maximum absolute atomic E-state index is 13.3. The Bertz CT molecular complexity index is 726. The minimum Gasteiger partial charge on any atom is -0.490 e. The molecular weight excluding hydrogens is 373 g/mol. The van der Waals surface area contributed by atoms with Crippen molar-refractivity contribution in [3.05, 3.63) is 30.1 Å². The van der Waals surface area contributed by atoms with Gasteiger partial charge in [-0.25, -0.2) is 4.39 Å². The molecule has 0 radical (unpaired) electrons. The first-order valence-corrected chi connectivity index (χ1v) is 10.4. The van der Waals surface area contributed by atoms with E-state index in [-0.39, 0.29) is 35.6 Å². The predicted molar refractivity (Wildman–Crippen MR) is 109 cm³/mol. The van der Waals surface area contributed by atoms with E-state index < -0.39 is 6.04 Å². The zero-order valence-electron chi connectivity index (χ0n) is 17.6. The fraction of sp³-hybridized carbons (Fsp3) is 0.636. The molecule has 29 heavy (non-hydrogen) atoms.